The highest BCUT2D eigenvalue weighted by Gasteiger charge is 2.15. The smallest absolute Gasteiger partial charge is 0.225 e. The van der Waals surface area contributed by atoms with Crippen LogP contribution >= 0.6 is 0 Å². The number of nitrogens with one attached hydrogen (secondary N) is 1. The minimum Gasteiger partial charge on any atom is -0.342 e. The standard InChI is InChI=1S/C11H18N4/c1-15(11-13-7-4-8-14-11)9-10-5-2-3-6-12-10/h4,7-8,10,12H,2-3,5-6,9H2,1H3/t10-/m1/s1. The number of piperidine rings is 1. The lowest BCUT2D eigenvalue weighted by atomic mass is 10.0. The largest absolute Gasteiger partial charge is 0.342 e. The molecule has 1 aliphatic rings. The molecule has 1 aliphatic heterocycles. The van der Waals surface area contributed by atoms with Crippen LogP contribution in [0.4, 0.5) is 5.95 Å². The number of likely N-dealkylation sites (N-methyl/N-ethyl adjacent to an activating group) is 1. The predicted octanol–water partition coefficient (Wildman–Crippen LogP) is 1.05. The molecule has 0 saturated carbocycles. The molecule has 0 aromatic carbocycles. The summed E-state index contributed by atoms with van der Waals surface area (Å²) in [4.78, 5) is 10.6. The van der Waals surface area contributed by atoms with E-state index in [1.807, 2.05) is 13.1 Å². The highest BCUT2D eigenvalue weighted by atomic mass is 15.2. The maximum Gasteiger partial charge on any atom is 0.225 e. The quantitative estimate of drug-likeness (QED) is 0.802. The molecule has 1 atom stereocenters. The zero-order valence-electron chi connectivity index (χ0n) is 9.19. The molecule has 0 bridgehead atoms. The molecular weight excluding hydrogens is 188 g/mol. The molecule has 82 valence electrons. The van der Waals surface area contributed by atoms with Crippen LogP contribution in [0.25, 0.3) is 0 Å². The molecule has 4 heteroatoms. The average Bonchev–Trinajstić information content (AvgIpc) is 2.31. The van der Waals surface area contributed by atoms with Crippen LogP contribution in [0.2, 0.25) is 0 Å². The van der Waals surface area contributed by atoms with Gasteiger partial charge in [0, 0.05) is 32.0 Å². The monoisotopic (exact) mass is 206 g/mol. The van der Waals surface area contributed by atoms with Crippen LogP contribution in [0, 0.1) is 0 Å². The first-order valence-electron chi connectivity index (χ1n) is 5.58. The van der Waals surface area contributed by atoms with Gasteiger partial charge in [-0.1, -0.05) is 6.42 Å². The second kappa shape index (κ2) is 5.07. The van der Waals surface area contributed by atoms with E-state index in [4.69, 9.17) is 0 Å². The minimum absolute atomic E-state index is 0.590. The van der Waals surface area contributed by atoms with Gasteiger partial charge < -0.3 is 10.2 Å². The van der Waals surface area contributed by atoms with Crippen molar-refractivity contribution in [1.82, 2.24) is 15.3 Å². The SMILES string of the molecule is CN(C[C@H]1CCCCN1)c1ncccn1. The Kier molecular flexibility index (Phi) is 3.50. The van der Waals surface area contributed by atoms with E-state index in [0.29, 0.717) is 6.04 Å². The number of anilines is 1. The molecule has 1 aromatic heterocycles. The highest BCUT2D eigenvalue weighted by Crippen LogP contribution is 2.10. The van der Waals surface area contributed by atoms with Crippen molar-refractivity contribution in [2.24, 2.45) is 0 Å². The number of nitrogens with zero attached hydrogens (tertiary/aromatic N) is 3. The third kappa shape index (κ3) is 2.89. The summed E-state index contributed by atoms with van der Waals surface area (Å²) in [5, 5.41) is 3.52. The van der Waals surface area contributed by atoms with Crippen molar-refractivity contribution in [3.8, 4) is 0 Å². The van der Waals surface area contributed by atoms with Crippen LogP contribution in [0.15, 0.2) is 18.5 Å². The molecule has 2 rings (SSSR count). The third-order valence-corrected chi connectivity index (χ3v) is 2.80. The zero-order chi connectivity index (χ0) is 10.5. The van der Waals surface area contributed by atoms with Crippen LogP contribution < -0.4 is 10.2 Å². The van der Waals surface area contributed by atoms with Crippen molar-refractivity contribution in [3.05, 3.63) is 18.5 Å². The minimum atomic E-state index is 0.590. The Morgan fingerprint density at radius 3 is 2.87 bits per heavy atom. The molecule has 0 aliphatic carbocycles. The molecule has 15 heavy (non-hydrogen) atoms. The van der Waals surface area contributed by atoms with Crippen LogP contribution in [0.3, 0.4) is 0 Å². The van der Waals surface area contributed by atoms with Crippen LogP contribution in [0.5, 0.6) is 0 Å². The Morgan fingerprint density at radius 1 is 1.40 bits per heavy atom. The average molecular weight is 206 g/mol. The maximum absolute atomic E-state index is 4.23. The van der Waals surface area contributed by atoms with Crippen LogP contribution in [-0.4, -0.2) is 36.1 Å². The Bertz CT molecular complexity index is 282. The van der Waals surface area contributed by atoms with E-state index in [-0.39, 0.29) is 0 Å². The van der Waals surface area contributed by atoms with Gasteiger partial charge in [0.2, 0.25) is 5.95 Å². The Hall–Kier alpha value is -1.16. The lowest BCUT2D eigenvalue weighted by molar-refractivity contribution is 0.402. The number of rotatable bonds is 3. The van der Waals surface area contributed by atoms with E-state index in [1.165, 1.54) is 19.3 Å². The number of hydrogen-bond donors (Lipinski definition) is 1. The van der Waals surface area contributed by atoms with E-state index in [9.17, 15) is 0 Å². The van der Waals surface area contributed by atoms with Crippen LogP contribution in [0.1, 0.15) is 19.3 Å². The van der Waals surface area contributed by atoms with Gasteiger partial charge in [0.05, 0.1) is 0 Å². The summed E-state index contributed by atoms with van der Waals surface area (Å²) in [7, 11) is 2.05. The lowest BCUT2D eigenvalue weighted by Gasteiger charge is -2.28. The topological polar surface area (TPSA) is 41.0 Å². The molecule has 1 fully saturated rings. The van der Waals surface area contributed by atoms with Crippen molar-refractivity contribution in [2.75, 3.05) is 25.0 Å². The second-order valence-corrected chi connectivity index (χ2v) is 4.08. The van der Waals surface area contributed by atoms with Crippen LogP contribution in [-0.2, 0) is 0 Å². The van der Waals surface area contributed by atoms with E-state index in [1.54, 1.807) is 12.4 Å². The number of hydrogen-bond acceptors (Lipinski definition) is 4. The molecule has 4 nitrogen and oxygen atoms in total. The normalized spacial score (nSPS) is 21.3. The molecule has 2 heterocycles. The summed E-state index contributed by atoms with van der Waals surface area (Å²) in [5.74, 6) is 0.810. The maximum atomic E-state index is 4.23. The van der Waals surface area contributed by atoms with Crippen molar-refractivity contribution >= 4 is 5.95 Å². The zero-order valence-corrected chi connectivity index (χ0v) is 9.19. The van der Waals surface area contributed by atoms with Gasteiger partial charge in [-0.05, 0) is 25.5 Å². The van der Waals surface area contributed by atoms with E-state index in [2.05, 4.69) is 20.2 Å². The molecular formula is C11H18N4. The lowest BCUT2D eigenvalue weighted by Crippen LogP contribution is -2.42. The molecule has 1 aromatic rings. The molecule has 1 N–H and O–H groups in total. The van der Waals surface area contributed by atoms with Crippen molar-refractivity contribution in [2.45, 2.75) is 25.3 Å². The summed E-state index contributed by atoms with van der Waals surface area (Å²) in [6.45, 7) is 2.14. The highest BCUT2D eigenvalue weighted by molar-refractivity contribution is 5.26. The summed E-state index contributed by atoms with van der Waals surface area (Å²) in [5.41, 5.74) is 0. The van der Waals surface area contributed by atoms with Gasteiger partial charge in [-0.3, -0.25) is 0 Å². The first-order valence-corrected chi connectivity index (χ1v) is 5.58. The van der Waals surface area contributed by atoms with Gasteiger partial charge >= 0.3 is 0 Å². The predicted molar refractivity (Wildman–Crippen MR) is 60.9 cm³/mol. The van der Waals surface area contributed by atoms with E-state index in [0.717, 1.165) is 19.0 Å². The summed E-state index contributed by atoms with van der Waals surface area (Å²) in [6.07, 6.45) is 7.47. The van der Waals surface area contributed by atoms with Gasteiger partial charge in [0.15, 0.2) is 0 Å². The Morgan fingerprint density at radius 2 is 2.20 bits per heavy atom. The van der Waals surface area contributed by atoms with Crippen molar-refractivity contribution in [3.63, 3.8) is 0 Å². The summed E-state index contributed by atoms with van der Waals surface area (Å²) < 4.78 is 0. The van der Waals surface area contributed by atoms with Gasteiger partial charge in [0.25, 0.3) is 0 Å². The molecule has 0 unspecified atom stereocenters. The molecule has 0 amide bonds. The van der Waals surface area contributed by atoms with Gasteiger partial charge in [-0.15, -0.1) is 0 Å². The number of aromatic nitrogens is 2. The summed E-state index contributed by atoms with van der Waals surface area (Å²) in [6, 6.07) is 2.43. The van der Waals surface area contributed by atoms with Gasteiger partial charge in [-0.2, -0.15) is 0 Å². The fourth-order valence-corrected chi connectivity index (χ4v) is 1.98. The van der Waals surface area contributed by atoms with Crippen molar-refractivity contribution < 1.29 is 0 Å². The van der Waals surface area contributed by atoms with E-state index >= 15 is 0 Å². The fraction of sp³-hybridized carbons (Fsp3) is 0.636. The first-order chi connectivity index (χ1) is 7.36. The second-order valence-electron chi connectivity index (χ2n) is 4.08. The Balaban J connectivity index is 1.88. The van der Waals surface area contributed by atoms with Gasteiger partial charge in [0.1, 0.15) is 0 Å². The summed E-state index contributed by atoms with van der Waals surface area (Å²) >= 11 is 0. The fourth-order valence-electron chi connectivity index (χ4n) is 1.98. The third-order valence-electron chi connectivity index (χ3n) is 2.80. The first kappa shape index (κ1) is 10.4. The molecule has 1 saturated heterocycles. The molecule has 0 radical (unpaired) electrons. The van der Waals surface area contributed by atoms with Crippen molar-refractivity contribution in [1.29, 1.82) is 0 Å². The van der Waals surface area contributed by atoms with E-state index < -0.39 is 0 Å². The Labute approximate surface area is 90.7 Å². The van der Waals surface area contributed by atoms with Gasteiger partial charge in [-0.25, -0.2) is 9.97 Å². The molecule has 0 spiro atoms.